The third kappa shape index (κ3) is 2.48. The Bertz CT molecular complexity index is 550. The van der Waals surface area contributed by atoms with E-state index in [9.17, 15) is 9.90 Å². The molecule has 6 heteroatoms. The summed E-state index contributed by atoms with van der Waals surface area (Å²) in [4.78, 5) is 15.9. The summed E-state index contributed by atoms with van der Waals surface area (Å²) in [7, 11) is 0. The fourth-order valence-corrected chi connectivity index (χ4v) is 1.54. The summed E-state index contributed by atoms with van der Waals surface area (Å²) in [5, 5.41) is 16.4. The van der Waals surface area contributed by atoms with Crippen molar-refractivity contribution < 1.29 is 9.90 Å². The maximum atomic E-state index is 11.9. The number of amides is 1. The normalized spacial score (nSPS) is 12.9. The fourth-order valence-electron chi connectivity index (χ4n) is 1.54. The van der Waals surface area contributed by atoms with Crippen LogP contribution in [0, 0.1) is 5.92 Å². The molecule has 6 nitrogen and oxygen atoms in total. The van der Waals surface area contributed by atoms with Crippen LogP contribution in [0.25, 0.3) is 5.52 Å². The number of hydrogen-bond donors (Lipinski definition) is 2. The molecule has 2 N–H and O–H groups in total. The van der Waals surface area contributed by atoms with Gasteiger partial charge in [0.05, 0.1) is 29.6 Å². The first-order valence-electron chi connectivity index (χ1n) is 5.83. The van der Waals surface area contributed by atoms with Crippen molar-refractivity contribution in [1.29, 1.82) is 0 Å². The van der Waals surface area contributed by atoms with Gasteiger partial charge in [0.25, 0.3) is 5.91 Å². The molecule has 2 rings (SSSR count). The number of carbonyl (C=O) groups is 1. The molecule has 96 valence electrons. The number of hydrogen-bond acceptors (Lipinski definition) is 4. The molecular weight excluding hydrogens is 232 g/mol. The highest BCUT2D eigenvalue weighted by Crippen LogP contribution is 2.08. The predicted molar refractivity (Wildman–Crippen MR) is 66.2 cm³/mol. The summed E-state index contributed by atoms with van der Waals surface area (Å²) in [6.45, 7) is 4.03. The van der Waals surface area contributed by atoms with Crippen molar-refractivity contribution in [3.63, 3.8) is 0 Å². The van der Waals surface area contributed by atoms with Gasteiger partial charge in [-0.1, -0.05) is 13.8 Å². The zero-order valence-electron chi connectivity index (χ0n) is 10.4. The van der Waals surface area contributed by atoms with Crippen molar-refractivity contribution in [3.8, 4) is 0 Å². The van der Waals surface area contributed by atoms with Gasteiger partial charge in [-0.15, -0.1) is 0 Å². The van der Waals surface area contributed by atoms with Crippen LogP contribution in [0.4, 0.5) is 0 Å². The summed E-state index contributed by atoms with van der Waals surface area (Å²) >= 11 is 0. The van der Waals surface area contributed by atoms with E-state index in [1.165, 1.54) is 6.20 Å². The van der Waals surface area contributed by atoms with E-state index in [4.69, 9.17) is 0 Å². The first-order chi connectivity index (χ1) is 8.59. The van der Waals surface area contributed by atoms with Gasteiger partial charge in [0.1, 0.15) is 0 Å². The molecule has 0 radical (unpaired) electrons. The van der Waals surface area contributed by atoms with Crippen molar-refractivity contribution in [2.24, 2.45) is 5.92 Å². The van der Waals surface area contributed by atoms with Gasteiger partial charge in [-0.25, -0.2) is 4.52 Å². The molecule has 0 saturated heterocycles. The summed E-state index contributed by atoms with van der Waals surface area (Å²) in [6, 6.07) is 0. The molecule has 0 aliphatic rings. The third-order valence-electron chi connectivity index (χ3n) is 2.81. The lowest BCUT2D eigenvalue weighted by molar-refractivity contribution is 0.0873. The van der Waals surface area contributed by atoms with Crippen LogP contribution in [0.1, 0.15) is 24.2 Å². The Hall–Kier alpha value is -1.95. The minimum Gasteiger partial charge on any atom is -0.391 e. The number of nitrogens with zero attached hydrogens (tertiary/aromatic N) is 3. The van der Waals surface area contributed by atoms with Crippen molar-refractivity contribution in [2.45, 2.75) is 20.0 Å². The summed E-state index contributed by atoms with van der Waals surface area (Å²) in [5.74, 6) is -0.145. The second-order valence-electron chi connectivity index (χ2n) is 4.49. The number of rotatable bonds is 4. The lowest BCUT2D eigenvalue weighted by Crippen LogP contribution is -2.34. The summed E-state index contributed by atoms with van der Waals surface area (Å²) in [6.07, 6.45) is 5.81. The predicted octanol–water partition coefficient (Wildman–Crippen LogP) is 0.476. The van der Waals surface area contributed by atoms with Crippen LogP contribution < -0.4 is 5.32 Å². The van der Waals surface area contributed by atoms with Crippen LogP contribution in [-0.2, 0) is 0 Å². The molecule has 0 aromatic carbocycles. The highest BCUT2D eigenvalue weighted by molar-refractivity contribution is 6.00. The zero-order chi connectivity index (χ0) is 13.1. The molecule has 2 aromatic rings. The van der Waals surface area contributed by atoms with Crippen molar-refractivity contribution in [2.75, 3.05) is 6.54 Å². The van der Waals surface area contributed by atoms with Gasteiger partial charge < -0.3 is 10.4 Å². The maximum absolute atomic E-state index is 11.9. The molecule has 0 saturated carbocycles. The Balaban J connectivity index is 2.10. The highest BCUT2D eigenvalue weighted by atomic mass is 16.3. The van der Waals surface area contributed by atoms with E-state index in [1.54, 1.807) is 23.1 Å². The summed E-state index contributed by atoms with van der Waals surface area (Å²) in [5.41, 5.74) is 1.10. The van der Waals surface area contributed by atoms with Crippen molar-refractivity contribution >= 4 is 11.4 Å². The summed E-state index contributed by atoms with van der Waals surface area (Å²) < 4.78 is 1.58. The van der Waals surface area contributed by atoms with Crippen molar-refractivity contribution in [1.82, 2.24) is 19.9 Å². The molecule has 0 fully saturated rings. The minimum atomic E-state index is -0.547. The molecule has 0 bridgehead atoms. The standard InChI is InChI=1S/C12H16N4O2/c1-8(2)11(17)7-14-12(18)9-5-15-16-4-3-13-6-10(9)16/h3-6,8,11,17H,7H2,1-2H3,(H,14,18). The molecule has 2 heterocycles. The molecule has 1 atom stereocenters. The lowest BCUT2D eigenvalue weighted by Gasteiger charge is -2.14. The van der Waals surface area contributed by atoms with E-state index in [-0.39, 0.29) is 18.4 Å². The third-order valence-corrected chi connectivity index (χ3v) is 2.81. The molecule has 2 aromatic heterocycles. The molecule has 0 spiro atoms. The molecule has 18 heavy (non-hydrogen) atoms. The average molecular weight is 248 g/mol. The Morgan fingerprint density at radius 2 is 2.28 bits per heavy atom. The van der Waals surface area contributed by atoms with E-state index >= 15 is 0 Å². The Morgan fingerprint density at radius 1 is 1.50 bits per heavy atom. The maximum Gasteiger partial charge on any atom is 0.255 e. The van der Waals surface area contributed by atoms with Crippen LogP contribution >= 0.6 is 0 Å². The number of fused-ring (bicyclic) bond motifs is 1. The smallest absolute Gasteiger partial charge is 0.255 e. The van der Waals surface area contributed by atoms with Gasteiger partial charge in [0.15, 0.2) is 0 Å². The quantitative estimate of drug-likeness (QED) is 0.824. The Morgan fingerprint density at radius 3 is 3.00 bits per heavy atom. The van der Waals surface area contributed by atoms with E-state index < -0.39 is 6.10 Å². The lowest BCUT2D eigenvalue weighted by atomic mass is 10.1. The van der Waals surface area contributed by atoms with Crippen LogP contribution in [0.2, 0.25) is 0 Å². The van der Waals surface area contributed by atoms with E-state index in [1.807, 2.05) is 13.8 Å². The van der Waals surface area contributed by atoms with Crippen molar-refractivity contribution in [3.05, 3.63) is 30.4 Å². The molecule has 1 amide bonds. The number of carbonyl (C=O) groups excluding carboxylic acids is 1. The van der Waals surface area contributed by atoms with E-state index in [2.05, 4.69) is 15.4 Å². The Kier molecular flexibility index (Phi) is 3.57. The van der Waals surface area contributed by atoms with Gasteiger partial charge in [-0.3, -0.25) is 9.78 Å². The van der Waals surface area contributed by atoms with Crippen LogP contribution in [-0.4, -0.2) is 38.3 Å². The van der Waals surface area contributed by atoms with Gasteiger partial charge >= 0.3 is 0 Å². The first kappa shape index (κ1) is 12.5. The SMILES string of the molecule is CC(C)C(O)CNC(=O)c1cnn2ccncc12. The molecule has 0 aliphatic heterocycles. The fraction of sp³-hybridized carbons (Fsp3) is 0.417. The highest BCUT2D eigenvalue weighted by Gasteiger charge is 2.15. The second-order valence-corrected chi connectivity index (χ2v) is 4.49. The van der Waals surface area contributed by atoms with Gasteiger partial charge in [-0.2, -0.15) is 5.10 Å². The van der Waals surface area contributed by atoms with Crippen LogP contribution in [0.5, 0.6) is 0 Å². The Labute approximate surface area is 105 Å². The zero-order valence-corrected chi connectivity index (χ0v) is 10.4. The van der Waals surface area contributed by atoms with E-state index in [0.29, 0.717) is 11.1 Å². The van der Waals surface area contributed by atoms with Crippen LogP contribution in [0.3, 0.4) is 0 Å². The first-order valence-corrected chi connectivity index (χ1v) is 5.83. The van der Waals surface area contributed by atoms with Gasteiger partial charge in [0.2, 0.25) is 0 Å². The monoisotopic (exact) mass is 248 g/mol. The number of aliphatic hydroxyl groups excluding tert-OH is 1. The number of nitrogens with one attached hydrogen (secondary N) is 1. The number of aromatic nitrogens is 3. The average Bonchev–Trinajstić information content (AvgIpc) is 2.79. The largest absolute Gasteiger partial charge is 0.391 e. The van der Waals surface area contributed by atoms with Gasteiger partial charge in [-0.05, 0) is 5.92 Å². The molecule has 1 unspecified atom stereocenters. The van der Waals surface area contributed by atoms with Crippen LogP contribution in [0.15, 0.2) is 24.8 Å². The molecular formula is C12H16N4O2. The minimum absolute atomic E-state index is 0.107. The van der Waals surface area contributed by atoms with Gasteiger partial charge in [0, 0.05) is 18.9 Å². The second kappa shape index (κ2) is 5.14. The molecule has 0 aliphatic carbocycles. The topological polar surface area (TPSA) is 79.5 Å². The van der Waals surface area contributed by atoms with E-state index in [0.717, 1.165) is 0 Å². The number of aliphatic hydroxyl groups is 1.